The van der Waals surface area contributed by atoms with Crippen LogP contribution in [0, 0.1) is 0 Å². The van der Waals surface area contributed by atoms with Crippen molar-refractivity contribution in [2.24, 2.45) is 7.05 Å². The summed E-state index contributed by atoms with van der Waals surface area (Å²) in [6.45, 7) is 8.61. The minimum atomic E-state index is -0.102. The van der Waals surface area contributed by atoms with Gasteiger partial charge in [-0.15, -0.1) is 0 Å². The Kier molecular flexibility index (Phi) is 5.04. The summed E-state index contributed by atoms with van der Waals surface area (Å²) in [5.41, 5.74) is 5.12. The standard InChI is InChI=1S/C23H32N4O/c1-23(2,3)21-15-20(26(4)25-21)22(28)24-18-9-8-16-10-12-27(19-6-5-7-19)13-11-17(16)14-18/h8-9,14-15,19H,5-7,10-13H2,1-4H3,(H,24,28). The number of nitrogens with one attached hydrogen (secondary N) is 1. The van der Waals surface area contributed by atoms with Crippen molar-refractivity contribution in [3.8, 4) is 0 Å². The van der Waals surface area contributed by atoms with Crippen molar-refractivity contribution in [3.05, 3.63) is 46.8 Å². The Labute approximate surface area is 168 Å². The lowest BCUT2D eigenvalue weighted by Crippen LogP contribution is -2.41. The van der Waals surface area contributed by atoms with Gasteiger partial charge in [0.25, 0.3) is 5.91 Å². The molecule has 1 aliphatic carbocycles. The smallest absolute Gasteiger partial charge is 0.273 e. The Morgan fingerprint density at radius 2 is 1.82 bits per heavy atom. The van der Waals surface area contributed by atoms with Crippen LogP contribution in [0.5, 0.6) is 0 Å². The summed E-state index contributed by atoms with van der Waals surface area (Å²) in [5, 5.41) is 7.59. The van der Waals surface area contributed by atoms with Crippen LogP contribution >= 0.6 is 0 Å². The molecule has 0 unspecified atom stereocenters. The van der Waals surface area contributed by atoms with E-state index in [0.717, 1.165) is 43.4 Å². The minimum Gasteiger partial charge on any atom is -0.321 e. The first-order chi connectivity index (χ1) is 13.3. The van der Waals surface area contributed by atoms with Crippen LogP contribution in [0.3, 0.4) is 0 Å². The Balaban J connectivity index is 1.47. The van der Waals surface area contributed by atoms with E-state index >= 15 is 0 Å². The molecular weight excluding hydrogens is 348 g/mol. The van der Waals surface area contributed by atoms with E-state index in [2.05, 4.69) is 48.2 Å². The van der Waals surface area contributed by atoms with Crippen molar-refractivity contribution in [2.45, 2.75) is 64.3 Å². The molecule has 150 valence electrons. The number of aromatic nitrogens is 2. The molecule has 2 aromatic rings. The number of carbonyl (C=O) groups excluding carboxylic acids is 1. The van der Waals surface area contributed by atoms with Crippen LogP contribution in [0.2, 0.25) is 0 Å². The van der Waals surface area contributed by atoms with Gasteiger partial charge >= 0.3 is 0 Å². The predicted octanol–water partition coefficient (Wildman–Crippen LogP) is 3.92. The van der Waals surface area contributed by atoms with Crippen LogP contribution in [0.4, 0.5) is 5.69 Å². The Morgan fingerprint density at radius 1 is 1.11 bits per heavy atom. The van der Waals surface area contributed by atoms with Gasteiger partial charge in [0.1, 0.15) is 5.69 Å². The third-order valence-electron chi connectivity index (χ3n) is 6.27. The highest BCUT2D eigenvalue weighted by Gasteiger charge is 2.26. The van der Waals surface area contributed by atoms with E-state index in [1.165, 1.54) is 30.4 Å². The van der Waals surface area contributed by atoms with Crippen LogP contribution in [0.1, 0.15) is 67.3 Å². The molecule has 1 aromatic carbocycles. The number of aryl methyl sites for hydroxylation is 1. The van der Waals surface area contributed by atoms with E-state index in [-0.39, 0.29) is 11.3 Å². The van der Waals surface area contributed by atoms with Crippen LogP contribution in [-0.4, -0.2) is 39.7 Å². The first-order valence-electron chi connectivity index (χ1n) is 10.5. The Morgan fingerprint density at radius 3 is 2.43 bits per heavy atom. The SMILES string of the molecule is Cn1nc(C(C)(C)C)cc1C(=O)Nc1ccc2c(c1)CCN(C1CCC1)CC2. The van der Waals surface area contributed by atoms with E-state index in [9.17, 15) is 4.79 Å². The number of hydrogen-bond acceptors (Lipinski definition) is 3. The zero-order chi connectivity index (χ0) is 19.9. The maximum absolute atomic E-state index is 12.8. The molecule has 0 bridgehead atoms. The van der Waals surface area contributed by atoms with Crippen molar-refractivity contribution in [1.82, 2.24) is 14.7 Å². The Bertz CT molecular complexity index is 873. The van der Waals surface area contributed by atoms with Gasteiger partial charge in [0.2, 0.25) is 0 Å². The summed E-state index contributed by atoms with van der Waals surface area (Å²) < 4.78 is 1.68. The lowest BCUT2D eigenvalue weighted by molar-refractivity contribution is 0.101. The lowest BCUT2D eigenvalue weighted by atomic mass is 9.91. The molecular formula is C23H32N4O. The summed E-state index contributed by atoms with van der Waals surface area (Å²) in [7, 11) is 1.83. The van der Waals surface area contributed by atoms with Gasteiger partial charge in [-0.05, 0) is 55.0 Å². The molecule has 0 spiro atoms. The summed E-state index contributed by atoms with van der Waals surface area (Å²) in [6.07, 6.45) is 6.28. The first-order valence-corrected chi connectivity index (χ1v) is 10.5. The quantitative estimate of drug-likeness (QED) is 0.878. The van der Waals surface area contributed by atoms with E-state index in [0.29, 0.717) is 5.69 Å². The molecule has 28 heavy (non-hydrogen) atoms. The zero-order valence-corrected chi connectivity index (χ0v) is 17.6. The molecule has 0 saturated heterocycles. The highest BCUT2D eigenvalue weighted by molar-refractivity contribution is 6.03. The molecule has 5 nitrogen and oxygen atoms in total. The van der Waals surface area contributed by atoms with Crippen molar-refractivity contribution >= 4 is 11.6 Å². The number of nitrogens with zero attached hydrogens (tertiary/aromatic N) is 3. The molecule has 1 saturated carbocycles. The topological polar surface area (TPSA) is 50.2 Å². The fourth-order valence-electron chi connectivity index (χ4n) is 4.18. The molecule has 0 atom stereocenters. The number of anilines is 1. The average molecular weight is 381 g/mol. The fraction of sp³-hybridized carbons (Fsp3) is 0.565. The average Bonchev–Trinajstić information content (AvgIpc) is 2.87. The second-order valence-corrected chi connectivity index (χ2v) is 9.35. The number of fused-ring (bicyclic) bond motifs is 1. The molecule has 1 amide bonds. The van der Waals surface area contributed by atoms with Crippen molar-refractivity contribution in [2.75, 3.05) is 18.4 Å². The third kappa shape index (κ3) is 3.86. The van der Waals surface area contributed by atoms with Crippen molar-refractivity contribution in [1.29, 1.82) is 0 Å². The molecule has 0 radical (unpaired) electrons. The fourth-order valence-corrected chi connectivity index (χ4v) is 4.18. The monoisotopic (exact) mass is 380 g/mol. The number of hydrogen-bond donors (Lipinski definition) is 1. The summed E-state index contributed by atoms with van der Waals surface area (Å²) in [6, 6.07) is 9.10. The van der Waals surface area contributed by atoms with Gasteiger partial charge in [-0.3, -0.25) is 14.4 Å². The van der Waals surface area contributed by atoms with Gasteiger partial charge in [0, 0.05) is 37.3 Å². The number of benzene rings is 1. The normalized spacial score (nSPS) is 18.3. The maximum atomic E-state index is 12.8. The zero-order valence-electron chi connectivity index (χ0n) is 17.6. The summed E-state index contributed by atoms with van der Waals surface area (Å²) in [5.74, 6) is -0.102. The van der Waals surface area contributed by atoms with Gasteiger partial charge in [0.05, 0.1) is 5.69 Å². The summed E-state index contributed by atoms with van der Waals surface area (Å²) in [4.78, 5) is 15.5. The molecule has 1 N–H and O–H groups in total. The van der Waals surface area contributed by atoms with Gasteiger partial charge in [-0.25, -0.2) is 0 Å². The first kappa shape index (κ1) is 19.2. The Hall–Kier alpha value is -2.14. The lowest BCUT2D eigenvalue weighted by Gasteiger charge is -2.36. The van der Waals surface area contributed by atoms with Gasteiger partial charge in [0.15, 0.2) is 0 Å². The maximum Gasteiger partial charge on any atom is 0.273 e. The van der Waals surface area contributed by atoms with Crippen LogP contribution in [0.15, 0.2) is 24.3 Å². The van der Waals surface area contributed by atoms with Gasteiger partial charge in [-0.2, -0.15) is 5.10 Å². The van der Waals surface area contributed by atoms with Crippen molar-refractivity contribution in [3.63, 3.8) is 0 Å². The van der Waals surface area contributed by atoms with E-state index in [4.69, 9.17) is 0 Å². The minimum absolute atomic E-state index is 0.0767. The third-order valence-corrected chi connectivity index (χ3v) is 6.27. The van der Waals surface area contributed by atoms with Crippen LogP contribution in [-0.2, 0) is 25.3 Å². The van der Waals surface area contributed by atoms with Crippen molar-refractivity contribution < 1.29 is 4.79 Å². The van der Waals surface area contributed by atoms with Gasteiger partial charge in [-0.1, -0.05) is 33.3 Å². The number of rotatable bonds is 3. The van der Waals surface area contributed by atoms with Gasteiger partial charge < -0.3 is 5.32 Å². The highest BCUT2D eigenvalue weighted by atomic mass is 16.2. The molecule has 2 aliphatic rings. The second-order valence-electron chi connectivity index (χ2n) is 9.35. The molecule has 1 aliphatic heterocycles. The molecule has 1 fully saturated rings. The number of amides is 1. The highest BCUT2D eigenvalue weighted by Crippen LogP contribution is 2.28. The predicted molar refractivity (Wildman–Crippen MR) is 113 cm³/mol. The number of carbonyl (C=O) groups is 1. The molecule has 5 heteroatoms. The molecule has 4 rings (SSSR count). The van der Waals surface area contributed by atoms with E-state index in [1.807, 2.05) is 19.2 Å². The van der Waals surface area contributed by atoms with E-state index < -0.39 is 0 Å². The summed E-state index contributed by atoms with van der Waals surface area (Å²) >= 11 is 0. The second kappa shape index (κ2) is 7.36. The molecule has 2 heterocycles. The molecule has 1 aromatic heterocycles. The van der Waals surface area contributed by atoms with Crippen LogP contribution in [0.25, 0.3) is 0 Å². The van der Waals surface area contributed by atoms with E-state index in [1.54, 1.807) is 4.68 Å². The van der Waals surface area contributed by atoms with Crippen LogP contribution < -0.4 is 5.32 Å². The largest absolute Gasteiger partial charge is 0.321 e.